The van der Waals surface area contributed by atoms with Crippen molar-refractivity contribution in [1.82, 2.24) is 0 Å². The zero-order valence-corrected chi connectivity index (χ0v) is 14.1. The van der Waals surface area contributed by atoms with E-state index in [0.29, 0.717) is 23.5 Å². The molecule has 2 amide bonds. The zero-order valence-electron chi connectivity index (χ0n) is 14.1. The van der Waals surface area contributed by atoms with Crippen LogP contribution < -0.4 is 15.0 Å². The second-order valence-electron chi connectivity index (χ2n) is 6.06. The Morgan fingerprint density at radius 3 is 2.60 bits per heavy atom. The molecular formula is C19H19FN2O3. The van der Waals surface area contributed by atoms with Crippen molar-refractivity contribution < 1.29 is 18.7 Å². The quantitative estimate of drug-likeness (QED) is 0.929. The highest BCUT2D eigenvalue weighted by Crippen LogP contribution is 2.27. The Balaban J connectivity index is 1.68. The molecule has 3 rings (SSSR count). The minimum atomic E-state index is -0.473. The summed E-state index contributed by atoms with van der Waals surface area (Å²) in [5, 5.41) is 2.68. The van der Waals surface area contributed by atoms with Gasteiger partial charge in [0.15, 0.2) is 0 Å². The number of carbonyl (C=O) groups is 2. The highest BCUT2D eigenvalue weighted by Gasteiger charge is 2.35. The van der Waals surface area contributed by atoms with Crippen molar-refractivity contribution in [2.45, 2.75) is 13.3 Å². The Labute approximate surface area is 145 Å². The van der Waals surface area contributed by atoms with E-state index in [1.807, 2.05) is 0 Å². The first-order chi connectivity index (χ1) is 12.0. The van der Waals surface area contributed by atoms with Crippen molar-refractivity contribution in [1.29, 1.82) is 0 Å². The van der Waals surface area contributed by atoms with Crippen LogP contribution in [0.5, 0.6) is 5.75 Å². The van der Waals surface area contributed by atoms with Crippen molar-refractivity contribution in [2.24, 2.45) is 5.92 Å². The number of methoxy groups -OCH3 is 1. The second kappa shape index (κ2) is 6.93. The van der Waals surface area contributed by atoms with Crippen molar-refractivity contribution in [2.75, 3.05) is 23.9 Å². The molecule has 1 atom stereocenters. The van der Waals surface area contributed by atoms with E-state index in [9.17, 15) is 14.0 Å². The van der Waals surface area contributed by atoms with Crippen molar-refractivity contribution in [3.8, 4) is 5.75 Å². The first-order valence-corrected chi connectivity index (χ1v) is 7.99. The number of halogens is 1. The number of hydrogen-bond acceptors (Lipinski definition) is 3. The van der Waals surface area contributed by atoms with E-state index in [2.05, 4.69) is 5.32 Å². The highest BCUT2D eigenvalue weighted by molar-refractivity contribution is 6.03. The van der Waals surface area contributed by atoms with E-state index in [1.54, 1.807) is 55.3 Å². The maximum absolute atomic E-state index is 13.6. The van der Waals surface area contributed by atoms with Gasteiger partial charge in [-0.1, -0.05) is 6.07 Å². The van der Waals surface area contributed by atoms with Crippen LogP contribution in [0.25, 0.3) is 0 Å². The summed E-state index contributed by atoms with van der Waals surface area (Å²) in [5.41, 5.74) is 1.63. The molecule has 0 radical (unpaired) electrons. The Morgan fingerprint density at radius 1 is 1.24 bits per heavy atom. The molecule has 6 heteroatoms. The van der Waals surface area contributed by atoms with Crippen LogP contribution in [0.1, 0.15) is 12.0 Å². The van der Waals surface area contributed by atoms with Gasteiger partial charge >= 0.3 is 0 Å². The molecule has 0 saturated carbocycles. The normalized spacial score (nSPS) is 16.8. The summed E-state index contributed by atoms with van der Waals surface area (Å²) in [6.07, 6.45) is 0.131. The second-order valence-corrected chi connectivity index (χ2v) is 6.06. The van der Waals surface area contributed by atoms with E-state index >= 15 is 0 Å². The number of rotatable bonds is 4. The van der Waals surface area contributed by atoms with Crippen LogP contribution in [0.2, 0.25) is 0 Å². The number of hydrogen-bond donors (Lipinski definition) is 1. The molecule has 5 nitrogen and oxygen atoms in total. The van der Waals surface area contributed by atoms with Crippen molar-refractivity contribution in [3.63, 3.8) is 0 Å². The molecule has 0 aliphatic carbocycles. The molecule has 1 fully saturated rings. The zero-order chi connectivity index (χ0) is 18.0. The molecule has 1 saturated heterocycles. The first-order valence-electron chi connectivity index (χ1n) is 7.99. The standard InChI is InChI=1S/C19H19FN2O3/c1-12-3-4-14(10-17(12)20)21-19(24)13-9-18(23)22(11-13)15-5-7-16(25-2)8-6-15/h3-8,10,13H,9,11H2,1-2H3,(H,21,24). The van der Waals surface area contributed by atoms with Gasteiger partial charge in [0, 0.05) is 24.3 Å². The number of benzene rings is 2. The van der Waals surface area contributed by atoms with Crippen LogP contribution >= 0.6 is 0 Å². The Hall–Kier alpha value is -2.89. The lowest BCUT2D eigenvalue weighted by molar-refractivity contribution is -0.122. The average molecular weight is 342 g/mol. The van der Waals surface area contributed by atoms with Gasteiger partial charge in [-0.2, -0.15) is 0 Å². The lowest BCUT2D eigenvalue weighted by atomic mass is 10.1. The molecule has 1 heterocycles. The summed E-state index contributed by atoms with van der Waals surface area (Å²) in [4.78, 5) is 26.2. The number of carbonyl (C=O) groups excluding carboxylic acids is 2. The van der Waals surface area contributed by atoms with Crippen molar-refractivity contribution >= 4 is 23.2 Å². The molecule has 0 bridgehead atoms. The fourth-order valence-corrected chi connectivity index (χ4v) is 2.81. The summed E-state index contributed by atoms with van der Waals surface area (Å²) >= 11 is 0. The predicted molar refractivity (Wildman–Crippen MR) is 93.2 cm³/mol. The van der Waals surface area contributed by atoms with Gasteiger partial charge in [-0.3, -0.25) is 9.59 Å². The van der Waals surface area contributed by atoms with Crippen LogP contribution in [0.4, 0.5) is 15.8 Å². The first kappa shape index (κ1) is 17.0. The topological polar surface area (TPSA) is 58.6 Å². The van der Waals surface area contributed by atoms with E-state index < -0.39 is 5.92 Å². The molecule has 2 aromatic rings. The molecule has 25 heavy (non-hydrogen) atoms. The fraction of sp³-hybridized carbons (Fsp3) is 0.263. The molecular weight excluding hydrogens is 323 g/mol. The summed E-state index contributed by atoms with van der Waals surface area (Å²) in [5.74, 6) is -0.543. The number of nitrogens with one attached hydrogen (secondary N) is 1. The van der Waals surface area contributed by atoms with E-state index in [-0.39, 0.29) is 24.1 Å². The fourth-order valence-electron chi connectivity index (χ4n) is 2.81. The number of aryl methyl sites for hydroxylation is 1. The predicted octanol–water partition coefficient (Wildman–Crippen LogP) is 3.13. The maximum Gasteiger partial charge on any atom is 0.229 e. The third-order valence-corrected chi connectivity index (χ3v) is 4.32. The van der Waals surface area contributed by atoms with Crippen LogP contribution in [0.15, 0.2) is 42.5 Å². The Bertz CT molecular complexity index is 805. The van der Waals surface area contributed by atoms with E-state index in [0.717, 1.165) is 5.69 Å². The maximum atomic E-state index is 13.6. The molecule has 130 valence electrons. The van der Waals surface area contributed by atoms with Gasteiger partial charge in [-0.25, -0.2) is 4.39 Å². The lowest BCUT2D eigenvalue weighted by Gasteiger charge is -2.17. The number of amides is 2. The van der Waals surface area contributed by atoms with Gasteiger partial charge in [-0.05, 0) is 48.9 Å². The molecule has 0 aromatic heterocycles. The molecule has 0 spiro atoms. The Kier molecular flexibility index (Phi) is 4.70. The summed E-state index contributed by atoms with van der Waals surface area (Å²) in [6, 6.07) is 11.6. The van der Waals surface area contributed by atoms with Crippen LogP contribution in [-0.2, 0) is 9.59 Å². The third-order valence-electron chi connectivity index (χ3n) is 4.32. The average Bonchev–Trinajstić information content (AvgIpc) is 3.00. The number of anilines is 2. The minimum absolute atomic E-state index is 0.111. The van der Waals surface area contributed by atoms with E-state index in [4.69, 9.17) is 4.74 Å². The summed E-state index contributed by atoms with van der Waals surface area (Å²) in [6.45, 7) is 1.95. The van der Waals surface area contributed by atoms with Crippen LogP contribution in [-0.4, -0.2) is 25.5 Å². The Morgan fingerprint density at radius 2 is 1.96 bits per heavy atom. The minimum Gasteiger partial charge on any atom is -0.497 e. The van der Waals surface area contributed by atoms with Crippen molar-refractivity contribution in [3.05, 3.63) is 53.8 Å². The van der Waals surface area contributed by atoms with Gasteiger partial charge in [0.05, 0.1) is 13.0 Å². The third kappa shape index (κ3) is 3.63. The molecule has 1 N–H and O–H groups in total. The molecule has 1 aliphatic heterocycles. The molecule has 2 aromatic carbocycles. The van der Waals surface area contributed by atoms with Crippen LogP contribution in [0, 0.1) is 18.7 Å². The molecule has 1 aliphatic rings. The van der Waals surface area contributed by atoms with Gasteiger partial charge in [0.2, 0.25) is 11.8 Å². The summed E-state index contributed by atoms with van der Waals surface area (Å²) < 4.78 is 18.7. The van der Waals surface area contributed by atoms with Gasteiger partial charge in [0.25, 0.3) is 0 Å². The van der Waals surface area contributed by atoms with E-state index in [1.165, 1.54) is 6.07 Å². The number of nitrogens with zero attached hydrogens (tertiary/aromatic N) is 1. The van der Waals surface area contributed by atoms with Gasteiger partial charge in [-0.15, -0.1) is 0 Å². The summed E-state index contributed by atoms with van der Waals surface area (Å²) in [7, 11) is 1.57. The largest absolute Gasteiger partial charge is 0.497 e. The number of ether oxygens (including phenoxy) is 1. The SMILES string of the molecule is COc1ccc(N2CC(C(=O)Nc3ccc(C)c(F)c3)CC2=O)cc1. The van der Waals surface area contributed by atoms with Gasteiger partial charge < -0.3 is 15.0 Å². The lowest BCUT2D eigenvalue weighted by Crippen LogP contribution is -2.28. The van der Waals surface area contributed by atoms with Crippen LogP contribution in [0.3, 0.4) is 0 Å². The highest BCUT2D eigenvalue weighted by atomic mass is 19.1. The smallest absolute Gasteiger partial charge is 0.229 e. The molecule has 1 unspecified atom stereocenters. The van der Waals surface area contributed by atoms with Gasteiger partial charge in [0.1, 0.15) is 11.6 Å². The monoisotopic (exact) mass is 342 g/mol.